The third-order valence-corrected chi connectivity index (χ3v) is 3.87. The van der Waals surface area contributed by atoms with E-state index in [1.807, 2.05) is 4.90 Å². The lowest BCUT2D eigenvalue weighted by atomic mass is 10.0. The molecule has 1 saturated heterocycles. The van der Waals surface area contributed by atoms with Crippen molar-refractivity contribution in [2.45, 2.75) is 25.5 Å². The quantitative estimate of drug-likeness (QED) is 0.612. The molecule has 1 amide bonds. The van der Waals surface area contributed by atoms with E-state index >= 15 is 0 Å². The second-order valence-electron chi connectivity index (χ2n) is 5.76. The summed E-state index contributed by atoms with van der Waals surface area (Å²) in [4.78, 5) is 30.9. The summed E-state index contributed by atoms with van der Waals surface area (Å²) in [6.45, 7) is 2.31. The zero-order valence-corrected chi connectivity index (χ0v) is 14.9. The van der Waals surface area contributed by atoms with Crippen molar-refractivity contribution in [1.82, 2.24) is 20.4 Å². The van der Waals surface area contributed by atoms with Gasteiger partial charge in [-0.3, -0.25) is 9.59 Å². The Balaban J connectivity index is 0.000000817. The molecule has 3 heterocycles. The maximum absolute atomic E-state index is 12.3. The zero-order valence-electron chi connectivity index (χ0n) is 14.9. The Kier molecular flexibility index (Phi) is 7.06. The maximum atomic E-state index is 12.3. The van der Waals surface area contributed by atoms with Gasteiger partial charge in [-0.1, -0.05) is 5.16 Å². The van der Waals surface area contributed by atoms with Crippen molar-refractivity contribution in [2.75, 3.05) is 25.1 Å². The third-order valence-electron chi connectivity index (χ3n) is 3.87. The highest BCUT2D eigenvalue weighted by molar-refractivity contribution is 5.94. The van der Waals surface area contributed by atoms with Crippen LogP contribution in [-0.2, 0) is 4.79 Å². The van der Waals surface area contributed by atoms with Crippen LogP contribution in [0.5, 0.6) is 5.88 Å². The zero-order chi connectivity index (χ0) is 19.8. The summed E-state index contributed by atoms with van der Waals surface area (Å²) in [7, 11) is 1.53. The predicted molar refractivity (Wildman–Crippen MR) is 92.6 cm³/mol. The molecule has 0 aromatic carbocycles. The summed E-state index contributed by atoms with van der Waals surface area (Å²) in [5.74, 6) is 1.07. The number of carbonyl (C=O) groups is 2. The second kappa shape index (κ2) is 9.48. The topological polar surface area (TPSA) is 151 Å². The number of β-amino-alcohol motifs (C(OH)–C–C–N with tert-alkyl or cyclic N) is 1. The van der Waals surface area contributed by atoms with Gasteiger partial charge in [0.15, 0.2) is 0 Å². The fourth-order valence-corrected chi connectivity index (χ4v) is 2.72. The van der Waals surface area contributed by atoms with Gasteiger partial charge < -0.3 is 29.7 Å². The summed E-state index contributed by atoms with van der Waals surface area (Å²) in [5, 5.41) is 23.5. The first-order chi connectivity index (χ1) is 13.0. The number of amides is 1. The number of piperidine rings is 1. The molecule has 0 spiro atoms. The van der Waals surface area contributed by atoms with Crippen LogP contribution in [0.15, 0.2) is 23.0 Å². The lowest BCUT2D eigenvalue weighted by Gasteiger charge is -2.35. The summed E-state index contributed by atoms with van der Waals surface area (Å²) in [5.41, 5.74) is 0.388. The number of rotatable bonds is 4. The molecular formula is C16H21N5O6. The molecular weight excluding hydrogens is 358 g/mol. The van der Waals surface area contributed by atoms with Gasteiger partial charge in [0.25, 0.3) is 12.4 Å². The molecule has 0 unspecified atom stereocenters. The highest BCUT2D eigenvalue weighted by atomic mass is 16.5. The number of aliphatic hydroxyl groups is 1. The van der Waals surface area contributed by atoms with Gasteiger partial charge in [-0.05, 0) is 13.3 Å². The fourth-order valence-electron chi connectivity index (χ4n) is 2.72. The van der Waals surface area contributed by atoms with Gasteiger partial charge in [-0.2, -0.15) is 4.98 Å². The number of aliphatic hydroxyl groups excluding tert-OH is 1. The second-order valence-corrected chi connectivity index (χ2v) is 5.76. The van der Waals surface area contributed by atoms with Crippen molar-refractivity contribution in [3.05, 3.63) is 29.8 Å². The predicted octanol–water partition coefficient (Wildman–Crippen LogP) is -0.148. The Bertz CT molecular complexity index is 767. The van der Waals surface area contributed by atoms with E-state index in [0.29, 0.717) is 42.7 Å². The lowest BCUT2D eigenvalue weighted by Crippen LogP contribution is -2.53. The van der Waals surface area contributed by atoms with Gasteiger partial charge in [0.2, 0.25) is 11.8 Å². The van der Waals surface area contributed by atoms with Gasteiger partial charge in [0.05, 0.1) is 19.4 Å². The molecule has 2 atom stereocenters. The molecule has 1 fully saturated rings. The highest BCUT2D eigenvalue weighted by Gasteiger charge is 2.29. The van der Waals surface area contributed by atoms with Crippen LogP contribution >= 0.6 is 0 Å². The molecule has 3 N–H and O–H groups in total. The van der Waals surface area contributed by atoms with Crippen molar-refractivity contribution in [3.8, 4) is 5.88 Å². The van der Waals surface area contributed by atoms with Gasteiger partial charge in [0.1, 0.15) is 11.3 Å². The number of hydrogen-bond donors (Lipinski definition) is 3. The van der Waals surface area contributed by atoms with E-state index in [4.69, 9.17) is 19.2 Å². The number of nitrogens with zero attached hydrogens (tertiary/aromatic N) is 4. The molecule has 0 aliphatic carbocycles. The van der Waals surface area contributed by atoms with Crippen LogP contribution in [-0.4, -0.2) is 70.1 Å². The molecule has 2 aromatic heterocycles. The van der Waals surface area contributed by atoms with Crippen LogP contribution < -0.4 is 15.0 Å². The minimum absolute atomic E-state index is 0.245. The highest BCUT2D eigenvalue weighted by Crippen LogP contribution is 2.19. The Morgan fingerprint density at radius 3 is 2.85 bits per heavy atom. The third kappa shape index (κ3) is 5.38. The van der Waals surface area contributed by atoms with Crippen LogP contribution in [0.3, 0.4) is 0 Å². The normalized spacial score (nSPS) is 18.9. The Morgan fingerprint density at radius 2 is 2.22 bits per heavy atom. The van der Waals surface area contributed by atoms with Crippen LogP contribution in [0.4, 0.5) is 5.95 Å². The van der Waals surface area contributed by atoms with E-state index in [9.17, 15) is 9.90 Å². The molecule has 11 heteroatoms. The largest absolute Gasteiger partial charge is 0.483 e. The molecule has 1 aliphatic heterocycles. The van der Waals surface area contributed by atoms with Crippen LogP contribution in [0.1, 0.15) is 22.5 Å². The van der Waals surface area contributed by atoms with Crippen LogP contribution in [0.2, 0.25) is 0 Å². The minimum Gasteiger partial charge on any atom is -0.483 e. The first kappa shape index (κ1) is 20.1. The van der Waals surface area contributed by atoms with Gasteiger partial charge in [-0.15, -0.1) is 0 Å². The average molecular weight is 379 g/mol. The molecule has 0 bridgehead atoms. The lowest BCUT2D eigenvalue weighted by molar-refractivity contribution is -0.122. The number of carbonyl (C=O) groups excluding carboxylic acids is 1. The van der Waals surface area contributed by atoms with Crippen molar-refractivity contribution >= 4 is 18.3 Å². The number of hydrogen-bond acceptors (Lipinski definition) is 9. The first-order valence-electron chi connectivity index (χ1n) is 8.08. The smallest absolute Gasteiger partial charge is 0.290 e. The molecule has 27 heavy (non-hydrogen) atoms. The molecule has 146 valence electrons. The fraction of sp³-hybridized carbons (Fsp3) is 0.438. The van der Waals surface area contributed by atoms with Gasteiger partial charge >= 0.3 is 0 Å². The first-order valence-corrected chi connectivity index (χ1v) is 8.08. The number of aryl methyl sites for hydroxylation is 1. The van der Waals surface area contributed by atoms with E-state index in [-0.39, 0.29) is 18.4 Å². The van der Waals surface area contributed by atoms with Crippen LogP contribution in [0, 0.1) is 6.92 Å². The van der Waals surface area contributed by atoms with E-state index < -0.39 is 6.10 Å². The summed E-state index contributed by atoms with van der Waals surface area (Å²) < 4.78 is 10.0. The van der Waals surface area contributed by atoms with E-state index in [1.165, 1.54) is 13.3 Å². The summed E-state index contributed by atoms with van der Waals surface area (Å²) >= 11 is 0. The van der Waals surface area contributed by atoms with E-state index in [0.717, 1.165) is 0 Å². The average Bonchev–Trinajstić information content (AvgIpc) is 3.08. The maximum Gasteiger partial charge on any atom is 0.290 e. The number of nitrogens with one attached hydrogen (secondary N) is 1. The van der Waals surface area contributed by atoms with Crippen LogP contribution in [0.25, 0.3) is 0 Å². The van der Waals surface area contributed by atoms with E-state index in [1.54, 1.807) is 19.2 Å². The number of methoxy groups -OCH3 is 1. The summed E-state index contributed by atoms with van der Waals surface area (Å²) in [6, 6.07) is 1.41. The number of aromatic nitrogens is 3. The Hall–Kier alpha value is -3.21. The SMILES string of the molecule is COc1ccnc(N2C[C@H](O)C[C@H](NC(=O)c3cnoc3C)C2)n1.O=CO. The Labute approximate surface area is 155 Å². The van der Waals surface area contributed by atoms with Crippen molar-refractivity contribution in [2.24, 2.45) is 0 Å². The Morgan fingerprint density at radius 1 is 1.48 bits per heavy atom. The number of ether oxygens (including phenoxy) is 1. The minimum atomic E-state index is -0.595. The number of anilines is 1. The van der Waals surface area contributed by atoms with Gasteiger partial charge in [0, 0.05) is 31.4 Å². The van der Waals surface area contributed by atoms with E-state index in [2.05, 4.69) is 20.4 Å². The monoisotopic (exact) mass is 379 g/mol. The molecule has 3 rings (SSSR count). The summed E-state index contributed by atoms with van der Waals surface area (Å²) in [6.07, 6.45) is 2.84. The molecule has 11 nitrogen and oxygen atoms in total. The van der Waals surface area contributed by atoms with Crippen molar-refractivity contribution < 1.29 is 29.1 Å². The molecule has 0 radical (unpaired) electrons. The number of carboxylic acid groups (broad SMARTS) is 1. The molecule has 1 aliphatic rings. The molecule has 0 saturated carbocycles. The van der Waals surface area contributed by atoms with Crippen molar-refractivity contribution in [1.29, 1.82) is 0 Å². The standard InChI is InChI=1S/C15H19N5O4.CH2O2/c1-9-12(6-17-24-9)14(22)18-10-5-11(21)8-20(7-10)15-16-4-3-13(19-15)23-2;2-1-3/h3-4,6,10-11,21H,5,7-8H2,1-2H3,(H,18,22);1H,(H,2,3)/t10-,11+;/m0./s1. The van der Waals surface area contributed by atoms with Crippen molar-refractivity contribution in [3.63, 3.8) is 0 Å². The van der Waals surface area contributed by atoms with Gasteiger partial charge in [-0.25, -0.2) is 4.98 Å². The molecule has 2 aromatic rings.